The Balaban J connectivity index is 1.97. The van der Waals surface area contributed by atoms with Crippen LogP contribution in [0.2, 0.25) is 5.02 Å². The van der Waals surface area contributed by atoms with Crippen molar-refractivity contribution in [2.75, 3.05) is 26.1 Å². The molecule has 0 saturated heterocycles. The van der Waals surface area contributed by atoms with Crippen LogP contribution in [0.3, 0.4) is 0 Å². The molecule has 7 heteroatoms. The average Bonchev–Trinajstić information content (AvgIpc) is 3.10. The van der Waals surface area contributed by atoms with Gasteiger partial charge in [0.1, 0.15) is 5.75 Å². The summed E-state index contributed by atoms with van der Waals surface area (Å²) in [6, 6.07) is 15.4. The second-order valence-corrected chi connectivity index (χ2v) is 6.89. The summed E-state index contributed by atoms with van der Waals surface area (Å²) >= 11 is 7.66. The standard InChI is InChI=1S/C19H20ClN3O2S/c1-3-25-12-13-26-19-22-21-18(14-4-10-17(24-2)11-5-14)23(19)16-8-6-15(20)7-9-16/h4-11H,3,12-13H2,1-2H3. The fraction of sp³-hybridized carbons (Fsp3) is 0.263. The maximum absolute atomic E-state index is 6.05. The van der Waals surface area contributed by atoms with Gasteiger partial charge < -0.3 is 9.47 Å². The molecule has 0 fully saturated rings. The van der Waals surface area contributed by atoms with E-state index in [0.29, 0.717) is 18.2 Å². The van der Waals surface area contributed by atoms with Gasteiger partial charge in [0.15, 0.2) is 11.0 Å². The lowest BCUT2D eigenvalue weighted by molar-refractivity contribution is 0.164. The van der Waals surface area contributed by atoms with Gasteiger partial charge in [-0.05, 0) is 55.5 Å². The molecule has 3 aromatic rings. The number of halogens is 1. The van der Waals surface area contributed by atoms with Crippen LogP contribution in [0.25, 0.3) is 17.1 Å². The molecule has 0 atom stereocenters. The molecule has 136 valence electrons. The van der Waals surface area contributed by atoms with Crippen LogP contribution in [0.1, 0.15) is 6.92 Å². The maximum atomic E-state index is 6.05. The number of aromatic nitrogens is 3. The monoisotopic (exact) mass is 389 g/mol. The van der Waals surface area contributed by atoms with Crippen molar-refractivity contribution in [1.29, 1.82) is 0 Å². The zero-order chi connectivity index (χ0) is 18.4. The lowest BCUT2D eigenvalue weighted by Crippen LogP contribution is -2.02. The van der Waals surface area contributed by atoms with Crippen molar-refractivity contribution in [2.45, 2.75) is 12.1 Å². The molecule has 0 spiro atoms. The van der Waals surface area contributed by atoms with Crippen molar-refractivity contribution in [1.82, 2.24) is 14.8 Å². The molecule has 26 heavy (non-hydrogen) atoms. The maximum Gasteiger partial charge on any atom is 0.196 e. The SMILES string of the molecule is CCOCCSc1nnc(-c2ccc(OC)cc2)n1-c1ccc(Cl)cc1. The van der Waals surface area contributed by atoms with Gasteiger partial charge >= 0.3 is 0 Å². The van der Waals surface area contributed by atoms with E-state index in [9.17, 15) is 0 Å². The highest BCUT2D eigenvalue weighted by Crippen LogP contribution is 2.29. The Morgan fingerprint density at radius 3 is 2.42 bits per heavy atom. The number of hydrogen-bond acceptors (Lipinski definition) is 5. The predicted octanol–water partition coefficient (Wildman–Crippen LogP) is 4.72. The third-order valence-electron chi connectivity index (χ3n) is 3.73. The Labute approximate surface area is 162 Å². The van der Waals surface area contributed by atoms with E-state index in [1.165, 1.54) is 0 Å². The van der Waals surface area contributed by atoms with Gasteiger partial charge in [-0.25, -0.2) is 0 Å². The van der Waals surface area contributed by atoms with E-state index >= 15 is 0 Å². The highest BCUT2D eigenvalue weighted by Gasteiger charge is 2.16. The molecule has 1 aromatic heterocycles. The number of nitrogens with zero attached hydrogens (tertiary/aromatic N) is 3. The minimum absolute atomic E-state index is 0.673. The van der Waals surface area contributed by atoms with Crippen molar-refractivity contribution >= 4 is 23.4 Å². The van der Waals surface area contributed by atoms with E-state index in [0.717, 1.165) is 33.7 Å². The number of hydrogen-bond donors (Lipinski definition) is 0. The molecule has 0 radical (unpaired) electrons. The first-order valence-corrected chi connectivity index (χ1v) is 9.65. The zero-order valence-corrected chi connectivity index (χ0v) is 16.3. The molecule has 0 bridgehead atoms. The molecule has 1 heterocycles. The highest BCUT2D eigenvalue weighted by molar-refractivity contribution is 7.99. The first-order valence-electron chi connectivity index (χ1n) is 8.29. The van der Waals surface area contributed by atoms with E-state index in [1.54, 1.807) is 18.9 Å². The van der Waals surface area contributed by atoms with Crippen molar-refractivity contribution < 1.29 is 9.47 Å². The van der Waals surface area contributed by atoms with E-state index in [1.807, 2.05) is 60.0 Å². The fourth-order valence-corrected chi connectivity index (χ4v) is 3.38. The highest BCUT2D eigenvalue weighted by atomic mass is 35.5. The molecule has 5 nitrogen and oxygen atoms in total. The normalized spacial score (nSPS) is 10.9. The van der Waals surface area contributed by atoms with Gasteiger partial charge in [0.2, 0.25) is 0 Å². The van der Waals surface area contributed by atoms with Crippen LogP contribution in [-0.2, 0) is 4.74 Å². The number of methoxy groups -OCH3 is 1. The van der Waals surface area contributed by atoms with Crippen LogP contribution in [0.15, 0.2) is 53.7 Å². The molecular formula is C19H20ClN3O2S. The van der Waals surface area contributed by atoms with Gasteiger partial charge in [0, 0.05) is 28.6 Å². The molecule has 0 saturated carbocycles. The van der Waals surface area contributed by atoms with Gasteiger partial charge in [0.05, 0.1) is 13.7 Å². The minimum Gasteiger partial charge on any atom is -0.497 e. The summed E-state index contributed by atoms with van der Waals surface area (Å²) in [6.07, 6.45) is 0. The first kappa shape index (κ1) is 18.8. The summed E-state index contributed by atoms with van der Waals surface area (Å²) in [6.45, 7) is 3.37. The zero-order valence-electron chi connectivity index (χ0n) is 14.7. The Hall–Kier alpha value is -2.02. The van der Waals surface area contributed by atoms with Crippen molar-refractivity contribution in [3.63, 3.8) is 0 Å². The summed E-state index contributed by atoms with van der Waals surface area (Å²) in [4.78, 5) is 0. The molecular weight excluding hydrogens is 370 g/mol. The topological polar surface area (TPSA) is 49.2 Å². The molecule has 2 aromatic carbocycles. The molecule has 0 amide bonds. The molecule has 0 aliphatic rings. The second kappa shape index (κ2) is 9.07. The van der Waals surface area contributed by atoms with Crippen molar-refractivity contribution in [2.24, 2.45) is 0 Å². The summed E-state index contributed by atoms with van der Waals surface area (Å²) in [5, 5.41) is 10.3. The molecule has 0 unspecified atom stereocenters. The van der Waals surface area contributed by atoms with Gasteiger partial charge in [0.25, 0.3) is 0 Å². The summed E-state index contributed by atoms with van der Waals surface area (Å²) in [5.74, 6) is 2.38. The minimum atomic E-state index is 0.673. The van der Waals surface area contributed by atoms with Gasteiger partial charge in [-0.1, -0.05) is 23.4 Å². The van der Waals surface area contributed by atoms with Crippen LogP contribution >= 0.6 is 23.4 Å². The predicted molar refractivity (Wildman–Crippen MR) is 106 cm³/mol. The van der Waals surface area contributed by atoms with Crippen molar-refractivity contribution in [3.8, 4) is 22.8 Å². The third kappa shape index (κ3) is 4.38. The summed E-state index contributed by atoms with van der Waals surface area (Å²) in [7, 11) is 1.65. The molecule has 0 aliphatic carbocycles. The Bertz CT molecular complexity index is 835. The summed E-state index contributed by atoms with van der Waals surface area (Å²) < 4.78 is 12.7. The van der Waals surface area contributed by atoms with Crippen LogP contribution in [0, 0.1) is 0 Å². The third-order valence-corrected chi connectivity index (χ3v) is 4.87. The smallest absolute Gasteiger partial charge is 0.196 e. The summed E-state index contributed by atoms with van der Waals surface area (Å²) in [5.41, 5.74) is 1.93. The molecule has 0 aliphatic heterocycles. The molecule has 0 N–H and O–H groups in total. The van der Waals surface area contributed by atoms with Crippen molar-refractivity contribution in [3.05, 3.63) is 53.6 Å². The average molecular weight is 390 g/mol. The van der Waals surface area contributed by atoms with Gasteiger partial charge in [-0.2, -0.15) is 0 Å². The van der Waals surface area contributed by atoms with Crippen LogP contribution < -0.4 is 4.74 Å². The quantitative estimate of drug-likeness (QED) is 0.412. The Morgan fingerprint density at radius 2 is 1.77 bits per heavy atom. The number of benzene rings is 2. The van der Waals surface area contributed by atoms with E-state index in [2.05, 4.69) is 10.2 Å². The molecule has 3 rings (SSSR count). The number of thioether (sulfide) groups is 1. The number of ether oxygens (including phenoxy) is 2. The van der Waals surface area contributed by atoms with E-state index in [4.69, 9.17) is 21.1 Å². The number of rotatable bonds is 8. The fourth-order valence-electron chi connectivity index (χ4n) is 2.45. The lowest BCUT2D eigenvalue weighted by atomic mass is 10.2. The van der Waals surface area contributed by atoms with Crippen LogP contribution in [0.5, 0.6) is 5.75 Å². The van der Waals surface area contributed by atoms with E-state index in [-0.39, 0.29) is 0 Å². The van der Waals surface area contributed by atoms with Crippen LogP contribution in [0.4, 0.5) is 0 Å². The van der Waals surface area contributed by atoms with Gasteiger partial charge in [-0.3, -0.25) is 4.57 Å². The van der Waals surface area contributed by atoms with Gasteiger partial charge in [-0.15, -0.1) is 10.2 Å². The Kier molecular flexibility index (Phi) is 6.55. The Morgan fingerprint density at radius 1 is 1.04 bits per heavy atom. The van der Waals surface area contributed by atoms with Crippen LogP contribution in [-0.4, -0.2) is 40.8 Å². The second-order valence-electron chi connectivity index (χ2n) is 5.39. The largest absolute Gasteiger partial charge is 0.497 e. The lowest BCUT2D eigenvalue weighted by Gasteiger charge is -2.11. The van der Waals surface area contributed by atoms with E-state index < -0.39 is 0 Å². The first-order chi connectivity index (χ1) is 12.7.